The minimum absolute atomic E-state index is 0.115. The molecule has 0 aliphatic rings. The lowest BCUT2D eigenvalue weighted by atomic mass is 10.1. The van der Waals surface area contributed by atoms with Crippen LogP contribution in [-0.4, -0.2) is 51.6 Å². The van der Waals surface area contributed by atoms with Gasteiger partial charge >= 0.3 is 17.9 Å². The van der Waals surface area contributed by atoms with E-state index in [9.17, 15) is 14.4 Å². The fraction of sp³-hybridized carbons (Fsp3) is 0.412. The first-order chi connectivity index (χ1) is 12.0. The van der Waals surface area contributed by atoms with Gasteiger partial charge < -0.3 is 18.9 Å². The summed E-state index contributed by atoms with van der Waals surface area (Å²) in [6.07, 6.45) is 1.11. The summed E-state index contributed by atoms with van der Waals surface area (Å²) in [5, 5.41) is 0. The summed E-state index contributed by atoms with van der Waals surface area (Å²) >= 11 is 0. The molecule has 0 saturated heterocycles. The Kier molecular flexibility index (Phi) is 8.11. The summed E-state index contributed by atoms with van der Waals surface area (Å²) in [4.78, 5) is 39.6. The maximum Gasteiger partial charge on any atom is 0.337 e. The number of benzene rings is 1. The SMILES string of the molecule is CCOC(=O)C(C=Nc1cc(C(=O)OC)ccc1OC)C(=O)OCC. The summed E-state index contributed by atoms with van der Waals surface area (Å²) in [6, 6.07) is 4.47. The Labute approximate surface area is 145 Å². The predicted octanol–water partition coefficient (Wildman–Crippen LogP) is 1.93. The second-order valence-corrected chi connectivity index (χ2v) is 4.64. The van der Waals surface area contributed by atoms with Crippen LogP contribution in [0.3, 0.4) is 0 Å². The van der Waals surface area contributed by atoms with Crippen molar-refractivity contribution in [3.63, 3.8) is 0 Å². The fourth-order valence-corrected chi connectivity index (χ4v) is 1.87. The van der Waals surface area contributed by atoms with Crippen molar-refractivity contribution in [2.24, 2.45) is 10.9 Å². The van der Waals surface area contributed by atoms with Crippen molar-refractivity contribution in [2.75, 3.05) is 27.4 Å². The summed E-state index contributed by atoms with van der Waals surface area (Å²) in [5.74, 6) is -3.05. The van der Waals surface area contributed by atoms with Crippen molar-refractivity contribution in [1.29, 1.82) is 0 Å². The molecule has 0 aromatic heterocycles. The van der Waals surface area contributed by atoms with Gasteiger partial charge in [0.2, 0.25) is 0 Å². The Morgan fingerprint density at radius 1 is 1.08 bits per heavy atom. The number of carbonyl (C=O) groups excluding carboxylic acids is 3. The predicted molar refractivity (Wildman–Crippen MR) is 89.2 cm³/mol. The zero-order valence-electron chi connectivity index (χ0n) is 14.6. The normalized spacial score (nSPS) is 10.6. The first-order valence-corrected chi connectivity index (χ1v) is 7.62. The molecule has 8 heteroatoms. The zero-order chi connectivity index (χ0) is 18.8. The third kappa shape index (κ3) is 5.59. The minimum atomic E-state index is -1.31. The quantitative estimate of drug-likeness (QED) is 0.305. The molecule has 136 valence electrons. The van der Waals surface area contributed by atoms with E-state index in [-0.39, 0.29) is 24.5 Å². The van der Waals surface area contributed by atoms with Crippen LogP contribution in [0.25, 0.3) is 0 Å². The van der Waals surface area contributed by atoms with E-state index in [4.69, 9.17) is 14.2 Å². The van der Waals surface area contributed by atoms with Crippen LogP contribution in [0.2, 0.25) is 0 Å². The van der Waals surface area contributed by atoms with E-state index < -0.39 is 23.8 Å². The number of carbonyl (C=O) groups is 3. The van der Waals surface area contributed by atoms with E-state index >= 15 is 0 Å². The van der Waals surface area contributed by atoms with Crippen LogP contribution in [0.5, 0.6) is 5.75 Å². The summed E-state index contributed by atoms with van der Waals surface area (Å²) < 4.78 is 19.5. The molecule has 0 bridgehead atoms. The fourth-order valence-electron chi connectivity index (χ4n) is 1.87. The Hall–Kier alpha value is -2.90. The number of hydrogen-bond acceptors (Lipinski definition) is 8. The molecule has 0 aliphatic carbocycles. The lowest BCUT2D eigenvalue weighted by molar-refractivity contribution is -0.157. The highest BCUT2D eigenvalue weighted by atomic mass is 16.6. The van der Waals surface area contributed by atoms with Crippen molar-refractivity contribution >= 4 is 29.8 Å². The van der Waals surface area contributed by atoms with E-state index in [1.54, 1.807) is 13.8 Å². The Morgan fingerprint density at radius 3 is 2.16 bits per heavy atom. The Bertz CT molecular complexity index is 636. The first-order valence-electron chi connectivity index (χ1n) is 7.62. The molecule has 1 rings (SSSR count). The van der Waals surface area contributed by atoms with Crippen LogP contribution < -0.4 is 4.74 Å². The van der Waals surface area contributed by atoms with Gasteiger partial charge in [-0.3, -0.25) is 14.6 Å². The van der Waals surface area contributed by atoms with Gasteiger partial charge in [0.05, 0.1) is 33.0 Å². The van der Waals surface area contributed by atoms with Gasteiger partial charge in [-0.2, -0.15) is 0 Å². The number of rotatable bonds is 8. The molecule has 0 atom stereocenters. The topological polar surface area (TPSA) is 100 Å². The average Bonchev–Trinajstić information content (AvgIpc) is 2.61. The largest absolute Gasteiger partial charge is 0.494 e. The number of nitrogens with zero attached hydrogens (tertiary/aromatic N) is 1. The molecule has 1 aromatic rings. The second-order valence-electron chi connectivity index (χ2n) is 4.64. The number of ether oxygens (including phenoxy) is 4. The third-order valence-electron chi connectivity index (χ3n) is 3.04. The van der Waals surface area contributed by atoms with Gasteiger partial charge in [-0.05, 0) is 32.0 Å². The third-order valence-corrected chi connectivity index (χ3v) is 3.04. The lowest BCUT2D eigenvalue weighted by Crippen LogP contribution is -2.29. The molecule has 0 N–H and O–H groups in total. The maximum absolute atomic E-state index is 11.9. The maximum atomic E-state index is 11.9. The summed E-state index contributed by atoms with van der Waals surface area (Å²) in [6.45, 7) is 3.48. The molecule has 0 spiro atoms. The number of aliphatic imine (C=N–C) groups is 1. The van der Waals surface area contributed by atoms with Crippen molar-refractivity contribution < 1.29 is 33.3 Å². The van der Waals surface area contributed by atoms with Crippen LogP contribution in [0.15, 0.2) is 23.2 Å². The molecule has 0 heterocycles. The van der Waals surface area contributed by atoms with Gasteiger partial charge in [0.1, 0.15) is 11.4 Å². The highest BCUT2D eigenvalue weighted by molar-refractivity contribution is 6.09. The highest BCUT2D eigenvalue weighted by Crippen LogP contribution is 2.28. The van der Waals surface area contributed by atoms with E-state index in [0.717, 1.165) is 6.21 Å². The van der Waals surface area contributed by atoms with E-state index in [0.29, 0.717) is 5.75 Å². The van der Waals surface area contributed by atoms with Crippen molar-refractivity contribution in [3.05, 3.63) is 23.8 Å². The molecule has 1 aromatic carbocycles. The zero-order valence-corrected chi connectivity index (χ0v) is 14.6. The van der Waals surface area contributed by atoms with Crippen LogP contribution >= 0.6 is 0 Å². The van der Waals surface area contributed by atoms with E-state index in [1.807, 2.05) is 0 Å². The van der Waals surface area contributed by atoms with E-state index in [1.165, 1.54) is 32.4 Å². The van der Waals surface area contributed by atoms with Gasteiger partial charge in [0.25, 0.3) is 0 Å². The van der Waals surface area contributed by atoms with Crippen LogP contribution in [0, 0.1) is 5.92 Å². The summed E-state index contributed by atoms with van der Waals surface area (Å²) in [7, 11) is 2.69. The number of methoxy groups -OCH3 is 2. The lowest BCUT2D eigenvalue weighted by Gasteiger charge is -2.11. The molecule has 0 unspecified atom stereocenters. The molecule has 0 radical (unpaired) electrons. The first kappa shape index (κ1) is 20.1. The van der Waals surface area contributed by atoms with Gasteiger partial charge in [-0.1, -0.05) is 0 Å². The van der Waals surface area contributed by atoms with Crippen LogP contribution in [-0.2, 0) is 23.8 Å². The van der Waals surface area contributed by atoms with Crippen LogP contribution in [0.1, 0.15) is 24.2 Å². The molecule has 0 amide bonds. The Morgan fingerprint density at radius 2 is 1.68 bits per heavy atom. The Balaban J connectivity index is 3.18. The minimum Gasteiger partial charge on any atom is -0.494 e. The number of hydrogen-bond donors (Lipinski definition) is 0. The second kappa shape index (κ2) is 10.1. The molecule has 0 aliphatic heterocycles. The van der Waals surface area contributed by atoms with Crippen molar-refractivity contribution in [3.8, 4) is 5.75 Å². The molecular weight excluding hydrogens is 330 g/mol. The number of esters is 3. The van der Waals surface area contributed by atoms with Gasteiger partial charge in [0, 0.05) is 6.21 Å². The summed E-state index contributed by atoms with van der Waals surface area (Å²) in [5.41, 5.74) is 0.503. The smallest absolute Gasteiger partial charge is 0.337 e. The molecule has 8 nitrogen and oxygen atoms in total. The van der Waals surface area contributed by atoms with E-state index in [2.05, 4.69) is 9.73 Å². The van der Waals surface area contributed by atoms with Gasteiger partial charge in [-0.25, -0.2) is 4.79 Å². The van der Waals surface area contributed by atoms with Crippen molar-refractivity contribution in [2.45, 2.75) is 13.8 Å². The molecule has 0 fully saturated rings. The molecule has 25 heavy (non-hydrogen) atoms. The standard InChI is InChI=1S/C17H21NO7/c1-5-24-16(20)12(17(21)25-6-2)10-18-13-9-11(15(19)23-4)7-8-14(13)22-3/h7-10,12H,5-6H2,1-4H3. The van der Waals surface area contributed by atoms with Gasteiger partial charge in [-0.15, -0.1) is 0 Å². The monoisotopic (exact) mass is 351 g/mol. The molecule has 0 saturated carbocycles. The van der Waals surface area contributed by atoms with Gasteiger partial charge in [0.15, 0.2) is 5.92 Å². The van der Waals surface area contributed by atoms with Crippen molar-refractivity contribution in [1.82, 2.24) is 0 Å². The molecular formula is C17H21NO7. The average molecular weight is 351 g/mol. The van der Waals surface area contributed by atoms with Crippen LogP contribution in [0.4, 0.5) is 5.69 Å². The highest BCUT2D eigenvalue weighted by Gasteiger charge is 2.28.